The number of hydrogen-bond donors (Lipinski definition) is 2. The van der Waals surface area contributed by atoms with Crippen molar-refractivity contribution < 1.29 is 31.2 Å². The molecule has 1 saturated heterocycles. The zero-order chi connectivity index (χ0) is 27.3. The Hall–Kier alpha value is -4.02. The molecule has 2 N–H and O–H groups in total. The predicted octanol–water partition coefficient (Wildman–Crippen LogP) is 2.64. The number of halogens is 2. The van der Waals surface area contributed by atoms with Crippen LogP contribution >= 0.6 is 0 Å². The van der Waals surface area contributed by atoms with E-state index >= 15 is 0 Å². The highest BCUT2D eigenvalue weighted by atomic mass is 32.2. The Morgan fingerprint density at radius 2 is 1.79 bits per heavy atom. The Morgan fingerprint density at radius 1 is 1.08 bits per heavy atom. The van der Waals surface area contributed by atoms with Crippen LogP contribution < -0.4 is 15.0 Å². The number of morpholine rings is 1. The Labute approximate surface area is 216 Å². The van der Waals surface area contributed by atoms with Gasteiger partial charge in [0.05, 0.1) is 44.0 Å². The molecule has 0 atom stereocenters. The summed E-state index contributed by atoms with van der Waals surface area (Å²) in [5.41, 5.74) is 1.34. The molecule has 0 amide bonds. The van der Waals surface area contributed by atoms with Gasteiger partial charge in [-0.05, 0) is 24.3 Å². The van der Waals surface area contributed by atoms with Crippen LogP contribution in [0.15, 0.2) is 42.7 Å². The van der Waals surface area contributed by atoms with Crippen LogP contribution in [0.1, 0.15) is 12.2 Å². The summed E-state index contributed by atoms with van der Waals surface area (Å²) in [5.74, 6) is 0.452. The van der Waals surface area contributed by atoms with Crippen LogP contribution in [0, 0.1) is 0 Å². The van der Waals surface area contributed by atoms with E-state index in [0.717, 1.165) is 0 Å². The fraction of sp³-hybridized carbons (Fsp3) is 0.318. The van der Waals surface area contributed by atoms with Gasteiger partial charge in [-0.25, -0.2) is 13.8 Å². The van der Waals surface area contributed by atoms with Gasteiger partial charge >= 0.3 is 0 Å². The molecule has 0 bridgehead atoms. The second kappa shape index (κ2) is 11.6. The number of ether oxygens (including phenoxy) is 2. The minimum absolute atomic E-state index is 0.0175. The maximum absolute atomic E-state index is 14.0. The van der Waals surface area contributed by atoms with E-state index in [9.17, 15) is 17.2 Å². The molecule has 202 valence electrons. The topological polar surface area (TPSA) is 157 Å². The first kappa shape index (κ1) is 27.0. The highest BCUT2D eigenvalue weighted by Gasteiger charge is 2.25. The zero-order valence-electron chi connectivity index (χ0n) is 20.3. The fourth-order valence-corrected chi connectivity index (χ4v) is 3.59. The number of imidazole rings is 1. The van der Waals surface area contributed by atoms with Gasteiger partial charge in [0, 0.05) is 19.3 Å². The average Bonchev–Trinajstić information content (AvgIpc) is 3.29. The monoisotopic (exact) mass is 550 g/mol. The van der Waals surface area contributed by atoms with E-state index in [4.69, 9.17) is 14.0 Å². The third-order valence-electron chi connectivity index (χ3n) is 5.11. The maximum Gasteiger partial charge on any atom is 0.296 e. The van der Waals surface area contributed by atoms with Gasteiger partial charge in [0.1, 0.15) is 11.3 Å². The van der Waals surface area contributed by atoms with Gasteiger partial charge in [-0.1, -0.05) is 6.07 Å². The highest BCUT2D eigenvalue weighted by Crippen LogP contribution is 2.32. The standard InChI is InChI=1S/C21H20F2N8O2.CH4O3S/c1-32-15-6-2-5-14-16(15)26-18(17(22)23)31(14)21-28-19(25-13-4-3-7-24-12-13)27-20(29-21)30-8-10-33-11-9-30;1-5(2,3)4/h2-7,12,17H,8-11H2,1H3,(H,25,27,28,29);1H3,(H,2,3,4). The van der Waals surface area contributed by atoms with Gasteiger partial charge < -0.3 is 19.7 Å². The Bertz CT molecular complexity index is 1490. The number of nitrogens with zero attached hydrogens (tertiary/aromatic N) is 7. The summed E-state index contributed by atoms with van der Waals surface area (Å²) < 4.78 is 65.9. The molecule has 1 aliphatic heterocycles. The highest BCUT2D eigenvalue weighted by molar-refractivity contribution is 7.85. The lowest BCUT2D eigenvalue weighted by Gasteiger charge is -2.27. The van der Waals surface area contributed by atoms with Gasteiger partial charge in [0.15, 0.2) is 5.82 Å². The van der Waals surface area contributed by atoms with Crippen molar-refractivity contribution in [3.05, 3.63) is 48.5 Å². The number of rotatable bonds is 6. The van der Waals surface area contributed by atoms with Crippen molar-refractivity contribution >= 4 is 38.7 Å². The summed E-state index contributed by atoms with van der Waals surface area (Å²) >= 11 is 0. The van der Waals surface area contributed by atoms with Gasteiger partial charge in [-0.3, -0.25) is 14.1 Å². The predicted molar refractivity (Wildman–Crippen MR) is 134 cm³/mol. The molecule has 4 heterocycles. The van der Waals surface area contributed by atoms with Crippen molar-refractivity contribution in [2.45, 2.75) is 6.43 Å². The van der Waals surface area contributed by atoms with E-state index in [2.05, 4.69) is 30.2 Å². The molecule has 5 rings (SSSR count). The zero-order valence-corrected chi connectivity index (χ0v) is 21.1. The van der Waals surface area contributed by atoms with Crippen LogP contribution in [0.2, 0.25) is 0 Å². The second-order valence-corrected chi connectivity index (χ2v) is 9.36. The number of hydrogen-bond acceptors (Lipinski definition) is 11. The van der Waals surface area contributed by atoms with Gasteiger partial charge in [-0.2, -0.15) is 23.4 Å². The fourth-order valence-electron chi connectivity index (χ4n) is 3.59. The van der Waals surface area contributed by atoms with Crippen molar-refractivity contribution in [3.63, 3.8) is 0 Å². The molecule has 0 saturated carbocycles. The molecule has 3 aromatic heterocycles. The number of aromatic nitrogens is 6. The lowest BCUT2D eigenvalue weighted by atomic mass is 10.3. The number of benzene rings is 1. The Kier molecular flexibility index (Phi) is 8.23. The summed E-state index contributed by atoms with van der Waals surface area (Å²) in [6.07, 6.45) is 1.11. The molecule has 1 aliphatic rings. The van der Waals surface area contributed by atoms with Crippen molar-refractivity contribution in [1.29, 1.82) is 0 Å². The van der Waals surface area contributed by atoms with Gasteiger partial charge in [-0.15, -0.1) is 0 Å². The SMILES string of the molecule is COc1cccc2c1nc(C(F)F)n2-c1nc(Nc2cccnc2)nc(N2CCOCC2)n1.CS(=O)(=O)O. The molecule has 0 unspecified atom stereocenters. The molecule has 0 radical (unpaired) electrons. The van der Waals surface area contributed by atoms with Crippen LogP contribution in [0.4, 0.5) is 26.4 Å². The van der Waals surface area contributed by atoms with E-state index in [1.54, 1.807) is 42.7 Å². The summed E-state index contributed by atoms with van der Waals surface area (Å²) in [6, 6.07) is 8.60. The average molecular weight is 551 g/mol. The van der Waals surface area contributed by atoms with E-state index in [1.165, 1.54) is 11.7 Å². The Balaban J connectivity index is 0.000000617. The summed E-state index contributed by atoms with van der Waals surface area (Å²) in [7, 11) is -2.20. The first-order valence-corrected chi connectivity index (χ1v) is 13.0. The van der Waals surface area contributed by atoms with E-state index in [0.29, 0.717) is 61.0 Å². The molecule has 1 aromatic carbocycles. The number of anilines is 3. The first-order chi connectivity index (χ1) is 18.1. The number of fused-ring (bicyclic) bond motifs is 1. The van der Waals surface area contributed by atoms with E-state index < -0.39 is 22.4 Å². The number of pyridine rings is 1. The van der Waals surface area contributed by atoms with Crippen molar-refractivity contribution in [2.75, 3.05) is 49.9 Å². The van der Waals surface area contributed by atoms with Crippen molar-refractivity contribution in [2.24, 2.45) is 0 Å². The number of methoxy groups -OCH3 is 1. The molecule has 0 aliphatic carbocycles. The summed E-state index contributed by atoms with van der Waals surface area (Å²) in [6.45, 7) is 2.16. The lowest BCUT2D eigenvalue weighted by molar-refractivity contribution is 0.122. The molecule has 4 aromatic rings. The van der Waals surface area contributed by atoms with Crippen LogP contribution in [0.3, 0.4) is 0 Å². The largest absolute Gasteiger partial charge is 0.494 e. The molecule has 38 heavy (non-hydrogen) atoms. The van der Waals surface area contributed by atoms with Crippen LogP contribution in [0.25, 0.3) is 17.0 Å². The minimum atomic E-state index is -3.67. The van der Waals surface area contributed by atoms with E-state index in [1.807, 2.05) is 4.90 Å². The van der Waals surface area contributed by atoms with Crippen LogP contribution in [-0.4, -0.2) is 82.1 Å². The Morgan fingerprint density at radius 3 is 2.42 bits per heavy atom. The molecule has 1 fully saturated rings. The van der Waals surface area contributed by atoms with E-state index in [-0.39, 0.29) is 11.9 Å². The quantitative estimate of drug-likeness (QED) is 0.339. The van der Waals surface area contributed by atoms with Crippen LogP contribution in [0.5, 0.6) is 5.75 Å². The summed E-state index contributed by atoms with van der Waals surface area (Å²) in [4.78, 5) is 23.6. The maximum atomic E-state index is 14.0. The molecule has 16 heteroatoms. The van der Waals surface area contributed by atoms with Gasteiger partial charge in [0.25, 0.3) is 16.5 Å². The number of nitrogens with one attached hydrogen (secondary N) is 1. The smallest absolute Gasteiger partial charge is 0.296 e. The van der Waals surface area contributed by atoms with Crippen molar-refractivity contribution in [1.82, 2.24) is 29.5 Å². The second-order valence-electron chi connectivity index (χ2n) is 7.89. The molecule has 0 spiro atoms. The summed E-state index contributed by atoms with van der Waals surface area (Å²) in [5, 5.41) is 3.08. The minimum Gasteiger partial charge on any atom is -0.494 e. The third kappa shape index (κ3) is 6.64. The lowest BCUT2D eigenvalue weighted by Crippen LogP contribution is -2.37. The molecular formula is C22H24F2N8O5S. The number of para-hydroxylation sites is 1. The molecule has 13 nitrogen and oxygen atoms in total. The van der Waals surface area contributed by atoms with Gasteiger partial charge in [0.2, 0.25) is 17.8 Å². The number of alkyl halides is 2. The van der Waals surface area contributed by atoms with Crippen molar-refractivity contribution in [3.8, 4) is 11.7 Å². The van der Waals surface area contributed by atoms with Crippen LogP contribution in [-0.2, 0) is 14.9 Å². The first-order valence-electron chi connectivity index (χ1n) is 11.2. The molecular weight excluding hydrogens is 526 g/mol. The normalized spacial score (nSPS) is 13.8. The third-order valence-corrected chi connectivity index (χ3v) is 5.11.